The molecule has 150 valence electrons. The quantitative estimate of drug-likeness (QED) is 0.759. The van der Waals surface area contributed by atoms with Gasteiger partial charge in [0.2, 0.25) is 15.9 Å². The molecule has 1 heterocycles. The van der Waals surface area contributed by atoms with Gasteiger partial charge in [-0.15, -0.1) is 0 Å². The predicted octanol–water partition coefficient (Wildman–Crippen LogP) is 2.17. The van der Waals surface area contributed by atoms with Gasteiger partial charge in [-0.3, -0.25) is 4.79 Å². The third-order valence-electron chi connectivity index (χ3n) is 4.57. The van der Waals surface area contributed by atoms with Gasteiger partial charge < -0.3 is 14.4 Å². The third-order valence-corrected chi connectivity index (χ3v) is 5.99. The molecule has 2 aromatic carbocycles. The number of hydrogen-bond acceptors (Lipinski definition) is 5. The van der Waals surface area contributed by atoms with E-state index in [0.717, 1.165) is 0 Å². The van der Waals surface area contributed by atoms with Gasteiger partial charge in [-0.1, -0.05) is 0 Å². The number of benzene rings is 2. The molecule has 9 heteroatoms. The number of sulfonamides is 1. The molecule has 2 aromatic rings. The van der Waals surface area contributed by atoms with Gasteiger partial charge in [0.25, 0.3) is 0 Å². The molecule has 1 saturated heterocycles. The molecule has 1 fully saturated rings. The lowest BCUT2D eigenvalue weighted by Gasteiger charge is -2.17. The Bertz CT molecular complexity index is 963. The first kappa shape index (κ1) is 20.1. The van der Waals surface area contributed by atoms with Crippen LogP contribution in [0.25, 0.3) is 0 Å². The Labute approximate surface area is 163 Å². The van der Waals surface area contributed by atoms with Crippen molar-refractivity contribution in [1.82, 2.24) is 4.72 Å². The van der Waals surface area contributed by atoms with Gasteiger partial charge in [0.05, 0.1) is 19.1 Å². The van der Waals surface area contributed by atoms with Crippen molar-refractivity contribution in [3.63, 3.8) is 0 Å². The van der Waals surface area contributed by atoms with Gasteiger partial charge in [0, 0.05) is 31.3 Å². The monoisotopic (exact) mass is 408 g/mol. The molecule has 0 spiro atoms. The molecule has 0 bridgehead atoms. The number of hydrogen-bond donors (Lipinski definition) is 1. The van der Waals surface area contributed by atoms with Crippen molar-refractivity contribution >= 4 is 21.6 Å². The highest BCUT2D eigenvalue weighted by atomic mass is 32.2. The van der Waals surface area contributed by atoms with Crippen LogP contribution in [0.5, 0.6) is 11.5 Å². The largest absolute Gasteiger partial charge is 0.493 e. The molecule has 0 aromatic heterocycles. The van der Waals surface area contributed by atoms with Crippen LogP contribution in [-0.4, -0.2) is 41.6 Å². The summed E-state index contributed by atoms with van der Waals surface area (Å²) in [6.07, 6.45) is 0.214. The maximum absolute atomic E-state index is 13.1. The summed E-state index contributed by atoms with van der Waals surface area (Å²) >= 11 is 0. The van der Waals surface area contributed by atoms with Crippen LogP contribution >= 0.6 is 0 Å². The molecule has 0 saturated carbocycles. The summed E-state index contributed by atoms with van der Waals surface area (Å²) in [5.74, 6) is 0.0469. The van der Waals surface area contributed by atoms with Crippen molar-refractivity contribution in [1.29, 1.82) is 0 Å². The normalized spacial score (nSPS) is 17.0. The van der Waals surface area contributed by atoms with Crippen molar-refractivity contribution in [3.05, 3.63) is 48.3 Å². The fourth-order valence-corrected chi connectivity index (χ4v) is 4.21. The number of rotatable bonds is 7. The molecule has 0 radical (unpaired) electrons. The van der Waals surface area contributed by atoms with E-state index in [1.165, 1.54) is 61.6 Å². The average molecular weight is 408 g/mol. The molecular weight excluding hydrogens is 387 g/mol. The van der Waals surface area contributed by atoms with Crippen LogP contribution in [0.15, 0.2) is 47.4 Å². The van der Waals surface area contributed by atoms with Gasteiger partial charge >= 0.3 is 0 Å². The number of methoxy groups -OCH3 is 2. The number of ether oxygens (including phenoxy) is 2. The molecule has 1 unspecified atom stereocenters. The standard InChI is InChI=1S/C19H21FN2O5S/c1-26-17-8-7-16(10-18(17)27-2)28(24,25)21-11-13-9-19(23)22(12-13)15-5-3-14(20)4-6-15/h3-8,10,13,21H,9,11-12H2,1-2H3. The molecule has 1 atom stereocenters. The summed E-state index contributed by atoms with van der Waals surface area (Å²) in [6.45, 7) is 0.471. The van der Waals surface area contributed by atoms with Crippen molar-refractivity contribution in [3.8, 4) is 11.5 Å². The Hall–Kier alpha value is -2.65. The summed E-state index contributed by atoms with van der Waals surface area (Å²) in [6, 6.07) is 9.96. The number of nitrogens with one attached hydrogen (secondary N) is 1. The summed E-state index contributed by atoms with van der Waals surface area (Å²) in [4.78, 5) is 13.8. The average Bonchev–Trinajstić information content (AvgIpc) is 3.07. The first-order valence-corrected chi connectivity index (χ1v) is 10.1. The summed E-state index contributed by atoms with van der Waals surface area (Å²) in [7, 11) is -0.883. The van der Waals surface area contributed by atoms with Crippen molar-refractivity contribution < 1.29 is 27.1 Å². The van der Waals surface area contributed by atoms with Crippen LogP contribution in [-0.2, 0) is 14.8 Å². The first-order valence-electron chi connectivity index (χ1n) is 8.61. The molecule has 0 aliphatic carbocycles. The Kier molecular flexibility index (Phi) is 5.85. The van der Waals surface area contributed by atoms with Crippen LogP contribution < -0.4 is 19.1 Å². The van der Waals surface area contributed by atoms with E-state index in [4.69, 9.17) is 9.47 Å². The minimum absolute atomic E-state index is 0.0462. The molecule has 7 nitrogen and oxygen atoms in total. The Morgan fingerprint density at radius 2 is 1.79 bits per heavy atom. The SMILES string of the molecule is COc1ccc(S(=O)(=O)NCC2CC(=O)N(c3ccc(F)cc3)C2)cc1OC. The van der Waals surface area contributed by atoms with E-state index in [1.807, 2.05) is 0 Å². The van der Waals surface area contributed by atoms with Crippen molar-refractivity contribution in [2.75, 3.05) is 32.2 Å². The number of anilines is 1. The zero-order valence-corrected chi connectivity index (χ0v) is 16.3. The van der Waals surface area contributed by atoms with Crippen LogP contribution in [0.2, 0.25) is 0 Å². The van der Waals surface area contributed by atoms with Gasteiger partial charge in [0.15, 0.2) is 11.5 Å². The van der Waals surface area contributed by atoms with Crippen molar-refractivity contribution in [2.45, 2.75) is 11.3 Å². The molecule has 1 N–H and O–H groups in total. The summed E-state index contributed by atoms with van der Waals surface area (Å²) < 4.78 is 51.0. The smallest absolute Gasteiger partial charge is 0.240 e. The number of carbonyl (C=O) groups is 1. The van der Waals surface area contributed by atoms with Gasteiger partial charge in [-0.25, -0.2) is 17.5 Å². The van der Waals surface area contributed by atoms with E-state index in [-0.39, 0.29) is 35.5 Å². The second-order valence-electron chi connectivity index (χ2n) is 6.42. The van der Waals surface area contributed by atoms with E-state index in [2.05, 4.69) is 4.72 Å². The molecule has 3 rings (SSSR count). The Morgan fingerprint density at radius 1 is 1.11 bits per heavy atom. The van der Waals surface area contributed by atoms with E-state index in [1.54, 1.807) is 0 Å². The van der Waals surface area contributed by atoms with Crippen LogP contribution in [0.4, 0.5) is 10.1 Å². The van der Waals surface area contributed by atoms with Crippen molar-refractivity contribution in [2.24, 2.45) is 5.92 Å². The highest BCUT2D eigenvalue weighted by molar-refractivity contribution is 7.89. The van der Waals surface area contributed by atoms with Crippen LogP contribution in [0, 0.1) is 11.7 Å². The van der Waals surface area contributed by atoms with Crippen LogP contribution in [0.1, 0.15) is 6.42 Å². The second kappa shape index (κ2) is 8.15. The third kappa shape index (κ3) is 4.26. The van der Waals surface area contributed by atoms with E-state index >= 15 is 0 Å². The topological polar surface area (TPSA) is 84.9 Å². The van der Waals surface area contributed by atoms with Crippen LogP contribution in [0.3, 0.4) is 0 Å². The fourth-order valence-electron chi connectivity index (χ4n) is 3.08. The molecule has 1 amide bonds. The summed E-state index contributed by atoms with van der Waals surface area (Å²) in [5.41, 5.74) is 0.594. The van der Waals surface area contributed by atoms with Gasteiger partial charge in [-0.2, -0.15) is 0 Å². The summed E-state index contributed by atoms with van der Waals surface area (Å²) in [5, 5.41) is 0. The zero-order chi connectivity index (χ0) is 20.3. The Balaban J connectivity index is 1.66. The van der Waals surface area contributed by atoms with E-state index in [0.29, 0.717) is 23.7 Å². The minimum Gasteiger partial charge on any atom is -0.493 e. The lowest BCUT2D eigenvalue weighted by Crippen LogP contribution is -2.31. The second-order valence-corrected chi connectivity index (χ2v) is 8.19. The molecule has 1 aliphatic heterocycles. The maximum atomic E-state index is 13.1. The maximum Gasteiger partial charge on any atom is 0.240 e. The van der Waals surface area contributed by atoms with E-state index < -0.39 is 10.0 Å². The minimum atomic E-state index is -3.78. The van der Waals surface area contributed by atoms with E-state index in [9.17, 15) is 17.6 Å². The zero-order valence-electron chi connectivity index (χ0n) is 15.5. The fraction of sp³-hybridized carbons (Fsp3) is 0.316. The number of carbonyl (C=O) groups excluding carboxylic acids is 1. The predicted molar refractivity (Wildman–Crippen MR) is 102 cm³/mol. The lowest BCUT2D eigenvalue weighted by molar-refractivity contribution is -0.117. The molecular formula is C19H21FN2O5S. The van der Waals surface area contributed by atoms with Gasteiger partial charge in [0.1, 0.15) is 5.82 Å². The molecule has 1 aliphatic rings. The molecule has 28 heavy (non-hydrogen) atoms. The number of amides is 1. The lowest BCUT2D eigenvalue weighted by atomic mass is 10.1. The highest BCUT2D eigenvalue weighted by Crippen LogP contribution is 2.30. The Morgan fingerprint density at radius 3 is 2.43 bits per heavy atom. The van der Waals surface area contributed by atoms with Gasteiger partial charge in [-0.05, 0) is 42.3 Å². The highest BCUT2D eigenvalue weighted by Gasteiger charge is 2.31. The number of nitrogens with zero attached hydrogens (tertiary/aromatic N) is 1. The number of halogens is 1. The first-order chi connectivity index (χ1) is 13.3.